The number of thioether (sulfide) groups is 1. The number of amides is 2. The van der Waals surface area contributed by atoms with Gasteiger partial charge in [-0.15, -0.1) is 11.8 Å². The molecule has 2 atom stereocenters. The highest BCUT2D eigenvalue weighted by molar-refractivity contribution is 8.01. The lowest BCUT2D eigenvalue weighted by molar-refractivity contribution is -0.127. The maximum atomic E-state index is 13.7. The van der Waals surface area contributed by atoms with E-state index in [1.807, 2.05) is 26.0 Å². The molecule has 3 heterocycles. The molecule has 3 aliphatic rings. The van der Waals surface area contributed by atoms with Crippen molar-refractivity contribution in [1.29, 1.82) is 0 Å². The summed E-state index contributed by atoms with van der Waals surface area (Å²) in [7, 11) is 3.09. The second kappa shape index (κ2) is 7.55. The second-order valence-electron chi connectivity index (χ2n) is 11.0. The third-order valence-corrected chi connectivity index (χ3v) is 8.22. The first-order valence-electron chi connectivity index (χ1n) is 11.2. The summed E-state index contributed by atoms with van der Waals surface area (Å²) in [5, 5.41) is 6.73. The van der Waals surface area contributed by atoms with Crippen molar-refractivity contribution in [1.82, 2.24) is 15.5 Å². The van der Waals surface area contributed by atoms with Crippen LogP contribution in [0.5, 0.6) is 11.5 Å². The van der Waals surface area contributed by atoms with E-state index in [0.29, 0.717) is 17.1 Å². The molecule has 0 radical (unpaired) electrons. The van der Waals surface area contributed by atoms with E-state index >= 15 is 0 Å². The molecule has 0 aromatic heterocycles. The molecule has 176 valence electrons. The zero-order chi connectivity index (χ0) is 23.6. The maximum absolute atomic E-state index is 13.7. The van der Waals surface area contributed by atoms with E-state index in [2.05, 4.69) is 38.3 Å². The molecule has 0 unspecified atom stereocenters. The molecule has 3 aliphatic heterocycles. The van der Waals surface area contributed by atoms with Gasteiger partial charge in [-0.3, -0.25) is 9.59 Å². The number of hydrogen-bond donors (Lipinski definition) is 2. The molecular formula is C24H35N3O4S. The van der Waals surface area contributed by atoms with Crippen LogP contribution in [0, 0.1) is 0 Å². The molecule has 7 nitrogen and oxygen atoms in total. The fourth-order valence-electron chi connectivity index (χ4n) is 5.96. The summed E-state index contributed by atoms with van der Waals surface area (Å²) < 4.78 is 10.5. The molecule has 0 saturated carbocycles. The Morgan fingerprint density at radius 2 is 1.72 bits per heavy atom. The highest BCUT2D eigenvalue weighted by Crippen LogP contribution is 2.58. The SMILES string of the molecule is COc1ccc2c(c1OC)C(=O)N1[C@@H](C(=O)NC3CC(C)(C)NC(C)(C)C3)C(C)(C)S[C@@H]21. The minimum atomic E-state index is -0.575. The van der Waals surface area contributed by atoms with E-state index in [1.165, 1.54) is 7.11 Å². The van der Waals surface area contributed by atoms with E-state index in [-0.39, 0.29) is 34.3 Å². The number of nitrogens with one attached hydrogen (secondary N) is 2. The highest BCUT2D eigenvalue weighted by Gasteiger charge is 2.58. The molecule has 2 saturated heterocycles. The monoisotopic (exact) mass is 461 g/mol. The molecule has 32 heavy (non-hydrogen) atoms. The van der Waals surface area contributed by atoms with Crippen molar-refractivity contribution < 1.29 is 19.1 Å². The van der Waals surface area contributed by atoms with E-state index < -0.39 is 10.8 Å². The van der Waals surface area contributed by atoms with Crippen LogP contribution in [0.4, 0.5) is 0 Å². The van der Waals surface area contributed by atoms with Gasteiger partial charge in [0, 0.05) is 27.4 Å². The number of nitrogens with zero attached hydrogens (tertiary/aromatic N) is 1. The van der Waals surface area contributed by atoms with Gasteiger partial charge in [0.25, 0.3) is 5.91 Å². The number of ether oxygens (including phenoxy) is 2. The van der Waals surface area contributed by atoms with E-state index in [1.54, 1.807) is 23.8 Å². The van der Waals surface area contributed by atoms with Gasteiger partial charge in [-0.25, -0.2) is 0 Å². The number of fused-ring (bicyclic) bond motifs is 3. The van der Waals surface area contributed by atoms with Crippen LogP contribution in [0.25, 0.3) is 0 Å². The number of carbonyl (C=O) groups excluding carboxylic acids is 2. The van der Waals surface area contributed by atoms with Gasteiger partial charge in [-0.1, -0.05) is 6.07 Å². The topological polar surface area (TPSA) is 79.9 Å². The number of piperidine rings is 1. The Kier molecular flexibility index (Phi) is 5.48. The van der Waals surface area contributed by atoms with Crippen molar-refractivity contribution in [3.8, 4) is 11.5 Å². The Bertz CT molecular complexity index is 943. The first-order chi connectivity index (χ1) is 14.8. The number of methoxy groups -OCH3 is 2. The van der Waals surface area contributed by atoms with E-state index in [9.17, 15) is 9.59 Å². The van der Waals surface area contributed by atoms with Gasteiger partial charge in [-0.05, 0) is 60.5 Å². The summed E-state index contributed by atoms with van der Waals surface area (Å²) in [5.74, 6) is 0.689. The zero-order valence-corrected chi connectivity index (χ0v) is 21.1. The quantitative estimate of drug-likeness (QED) is 0.715. The summed E-state index contributed by atoms with van der Waals surface area (Å²) in [4.78, 5) is 29.0. The van der Waals surface area contributed by atoms with Crippen LogP contribution in [0.1, 0.15) is 75.7 Å². The number of hydrogen-bond acceptors (Lipinski definition) is 6. The molecule has 0 spiro atoms. The molecule has 2 amide bonds. The average Bonchev–Trinajstić information content (AvgIpc) is 3.07. The van der Waals surface area contributed by atoms with Crippen molar-refractivity contribution in [2.45, 2.75) is 87.7 Å². The Morgan fingerprint density at radius 1 is 1.09 bits per heavy atom. The van der Waals surface area contributed by atoms with Crippen molar-refractivity contribution in [3.63, 3.8) is 0 Å². The predicted molar refractivity (Wildman–Crippen MR) is 126 cm³/mol. The zero-order valence-electron chi connectivity index (χ0n) is 20.3. The minimum Gasteiger partial charge on any atom is -0.493 e. The van der Waals surface area contributed by atoms with Gasteiger partial charge < -0.3 is 25.0 Å². The van der Waals surface area contributed by atoms with Crippen LogP contribution in [-0.2, 0) is 4.79 Å². The van der Waals surface area contributed by atoms with Crippen LogP contribution in [0.15, 0.2) is 12.1 Å². The van der Waals surface area contributed by atoms with Crippen LogP contribution in [0.3, 0.4) is 0 Å². The maximum Gasteiger partial charge on any atom is 0.260 e. The van der Waals surface area contributed by atoms with Gasteiger partial charge in [0.1, 0.15) is 11.4 Å². The van der Waals surface area contributed by atoms with Crippen molar-refractivity contribution in [2.75, 3.05) is 14.2 Å². The summed E-state index contributed by atoms with van der Waals surface area (Å²) in [6, 6.07) is 3.22. The largest absolute Gasteiger partial charge is 0.493 e. The van der Waals surface area contributed by atoms with Gasteiger partial charge in [0.05, 0.1) is 19.8 Å². The van der Waals surface area contributed by atoms with Crippen LogP contribution < -0.4 is 20.1 Å². The Balaban J connectivity index is 1.64. The fourth-order valence-corrected chi connectivity index (χ4v) is 7.54. The highest BCUT2D eigenvalue weighted by atomic mass is 32.2. The summed E-state index contributed by atoms with van der Waals surface area (Å²) in [6.45, 7) is 12.8. The van der Waals surface area contributed by atoms with Crippen molar-refractivity contribution in [2.24, 2.45) is 0 Å². The van der Waals surface area contributed by atoms with E-state index in [0.717, 1.165) is 18.4 Å². The Morgan fingerprint density at radius 3 is 2.28 bits per heavy atom. The standard InChI is InChI=1S/C24H35N3O4S/c1-22(2)11-13(12-23(3,4)26-22)25-19(28)18-24(5,6)32-21-14-9-10-15(30-7)17(31-8)16(14)20(29)27(18)21/h9-10,13,18,21,26H,11-12H2,1-8H3,(H,25,28)/t18-,21-/m0/s1. The second-order valence-corrected chi connectivity index (χ2v) is 12.7. The molecular weight excluding hydrogens is 426 g/mol. The summed E-state index contributed by atoms with van der Waals surface area (Å²) >= 11 is 1.65. The third kappa shape index (κ3) is 3.75. The smallest absolute Gasteiger partial charge is 0.260 e. The number of carbonyl (C=O) groups is 2. The fraction of sp³-hybridized carbons (Fsp3) is 0.667. The molecule has 4 rings (SSSR count). The minimum absolute atomic E-state index is 0.0447. The van der Waals surface area contributed by atoms with Crippen LogP contribution in [0.2, 0.25) is 0 Å². The lowest BCUT2D eigenvalue weighted by Crippen LogP contribution is -2.64. The first-order valence-corrected chi connectivity index (χ1v) is 12.0. The van der Waals surface area contributed by atoms with Crippen LogP contribution >= 0.6 is 11.8 Å². The normalized spacial score (nSPS) is 27.6. The molecule has 8 heteroatoms. The molecule has 1 aromatic rings. The molecule has 2 N–H and O–H groups in total. The number of rotatable bonds is 4. The Labute approximate surface area is 195 Å². The first kappa shape index (κ1) is 23.2. The third-order valence-electron chi connectivity index (χ3n) is 6.68. The average molecular weight is 462 g/mol. The Hall–Kier alpha value is -1.93. The lowest BCUT2D eigenvalue weighted by Gasteiger charge is -2.47. The molecule has 0 aliphatic carbocycles. The van der Waals surface area contributed by atoms with Crippen molar-refractivity contribution >= 4 is 23.6 Å². The summed E-state index contributed by atoms with van der Waals surface area (Å²) in [6.07, 6.45) is 1.68. The van der Waals surface area contributed by atoms with E-state index in [4.69, 9.17) is 9.47 Å². The lowest BCUT2D eigenvalue weighted by atomic mass is 9.79. The summed E-state index contributed by atoms with van der Waals surface area (Å²) in [5.41, 5.74) is 1.23. The number of benzene rings is 1. The van der Waals surface area contributed by atoms with Crippen molar-refractivity contribution in [3.05, 3.63) is 23.3 Å². The molecule has 0 bridgehead atoms. The van der Waals surface area contributed by atoms with Crippen LogP contribution in [-0.4, -0.2) is 58.8 Å². The van der Waals surface area contributed by atoms with Gasteiger partial charge in [0.2, 0.25) is 5.91 Å². The van der Waals surface area contributed by atoms with Gasteiger partial charge in [0.15, 0.2) is 11.5 Å². The van der Waals surface area contributed by atoms with Gasteiger partial charge in [-0.2, -0.15) is 0 Å². The molecule has 1 aromatic carbocycles. The predicted octanol–water partition coefficient (Wildman–Crippen LogP) is 3.48. The van der Waals surface area contributed by atoms with Gasteiger partial charge >= 0.3 is 0 Å². The molecule has 2 fully saturated rings.